The second-order valence-electron chi connectivity index (χ2n) is 9.33. The molecular weight excluding hydrogens is 529 g/mol. The van der Waals surface area contributed by atoms with Gasteiger partial charge in [0.05, 0.1) is 36.0 Å². The Morgan fingerprint density at radius 2 is 2.18 bits per heavy atom. The Morgan fingerprint density at radius 3 is 2.95 bits per heavy atom. The van der Waals surface area contributed by atoms with Crippen LogP contribution in [0, 0.1) is 5.82 Å². The molecule has 2 atom stereocenters. The van der Waals surface area contributed by atoms with Crippen LogP contribution in [0.4, 0.5) is 21.6 Å². The van der Waals surface area contributed by atoms with Crippen molar-refractivity contribution in [2.75, 3.05) is 43.5 Å². The van der Waals surface area contributed by atoms with Gasteiger partial charge in [-0.3, -0.25) is 14.5 Å². The molecule has 2 aliphatic heterocycles. The Morgan fingerprint density at radius 1 is 1.31 bits per heavy atom. The fourth-order valence-corrected chi connectivity index (χ4v) is 4.59. The Hall–Kier alpha value is -3.80. The molecule has 3 heterocycles. The molecule has 0 radical (unpaired) electrons. The number of fused-ring (bicyclic) bond motifs is 1. The van der Waals surface area contributed by atoms with E-state index in [2.05, 4.69) is 20.6 Å². The summed E-state index contributed by atoms with van der Waals surface area (Å²) in [4.78, 5) is 35.1. The lowest BCUT2D eigenvalue weighted by Gasteiger charge is -2.29. The number of aromatic nitrogens is 2. The van der Waals surface area contributed by atoms with E-state index in [-0.39, 0.29) is 35.7 Å². The number of carbonyl (C=O) groups excluding carboxylic acids is 2. The van der Waals surface area contributed by atoms with Gasteiger partial charge in [-0.2, -0.15) is 0 Å². The third-order valence-corrected chi connectivity index (χ3v) is 6.48. The second kappa shape index (κ2) is 11.9. The van der Waals surface area contributed by atoms with Gasteiger partial charge >= 0.3 is 5.97 Å². The van der Waals surface area contributed by atoms with Crippen molar-refractivity contribution in [3.8, 4) is 5.75 Å². The zero-order valence-corrected chi connectivity index (χ0v) is 21.9. The number of nitrogens with zero attached hydrogens (tertiary/aromatic N) is 3. The van der Waals surface area contributed by atoms with Gasteiger partial charge in [-0.1, -0.05) is 17.7 Å². The first kappa shape index (κ1) is 26.8. The van der Waals surface area contributed by atoms with E-state index >= 15 is 0 Å². The van der Waals surface area contributed by atoms with Gasteiger partial charge in [-0.15, -0.1) is 0 Å². The molecule has 0 saturated carbocycles. The third-order valence-electron chi connectivity index (χ3n) is 6.19. The van der Waals surface area contributed by atoms with E-state index in [0.717, 1.165) is 6.42 Å². The maximum Gasteiger partial charge on any atom is 0.320 e. The van der Waals surface area contributed by atoms with Gasteiger partial charge in [-0.05, 0) is 31.2 Å². The Kier molecular flexibility index (Phi) is 8.20. The smallest absolute Gasteiger partial charge is 0.320 e. The van der Waals surface area contributed by atoms with Crippen molar-refractivity contribution in [1.82, 2.24) is 14.9 Å². The summed E-state index contributed by atoms with van der Waals surface area (Å²) in [6.45, 7) is 4.08. The van der Waals surface area contributed by atoms with Gasteiger partial charge in [-0.25, -0.2) is 14.4 Å². The van der Waals surface area contributed by atoms with E-state index < -0.39 is 5.82 Å². The number of morpholine rings is 1. The molecule has 12 heteroatoms. The number of carbonyl (C=O) groups is 2. The fraction of sp³-hybridized carbons (Fsp3) is 0.333. The second-order valence-corrected chi connectivity index (χ2v) is 9.74. The van der Waals surface area contributed by atoms with Crippen molar-refractivity contribution in [3.63, 3.8) is 0 Å². The van der Waals surface area contributed by atoms with Crippen LogP contribution in [0.5, 0.6) is 5.75 Å². The maximum absolute atomic E-state index is 13.6. The van der Waals surface area contributed by atoms with Gasteiger partial charge in [0.1, 0.15) is 35.9 Å². The van der Waals surface area contributed by atoms with Crippen molar-refractivity contribution in [2.24, 2.45) is 0 Å². The topological polar surface area (TPSA) is 115 Å². The van der Waals surface area contributed by atoms with Crippen molar-refractivity contribution < 1.29 is 28.2 Å². The number of amides is 1. The predicted molar refractivity (Wildman–Crippen MR) is 144 cm³/mol. The summed E-state index contributed by atoms with van der Waals surface area (Å²) in [5.41, 5.74) is 1.54. The zero-order chi connectivity index (χ0) is 27.4. The minimum atomic E-state index is -0.528. The highest BCUT2D eigenvalue weighted by Crippen LogP contribution is 2.35. The molecule has 2 aromatic carbocycles. The highest BCUT2D eigenvalue weighted by molar-refractivity contribution is 6.31. The minimum absolute atomic E-state index is 0.0246. The summed E-state index contributed by atoms with van der Waals surface area (Å²) in [5.74, 6) is -0.293. The Labute approximate surface area is 229 Å². The fourth-order valence-electron chi connectivity index (χ4n) is 4.41. The van der Waals surface area contributed by atoms with Crippen LogP contribution in [0.2, 0.25) is 5.02 Å². The number of ether oxygens (including phenoxy) is 3. The average Bonchev–Trinajstić information content (AvgIpc) is 3.40. The standard InChI is InChI=1S/C27H27ClFN5O5/c1-16-12-34(13-26(36)38-16)7-2-3-25(35)33-23-10-19-22(11-24(23)39-18-6-8-37-14-18)30-15-31-27(19)32-17-4-5-21(29)20(28)9-17/h2-5,9-11,15-16,18H,6-8,12-14H2,1H3,(H,33,35)(H,30,31,32)/b3-2+/t16-,18-/m0/s1. The average molecular weight is 556 g/mol. The molecule has 0 unspecified atom stereocenters. The van der Waals surface area contributed by atoms with E-state index in [9.17, 15) is 14.0 Å². The maximum atomic E-state index is 13.6. The molecule has 5 rings (SSSR count). The predicted octanol–water partition coefficient (Wildman–Crippen LogP) is 4.08. The molecule has 1 amide bonds. The molecule has 2 fully saturated rings. The summed E-state index contributed by atoms with van der Waals surface area (Å²) in [7, 11) is 0. The first-order valence-corrected chi connectivity index (χ1v) is 12.9. The van der Waals surface area contributed by atoms with Crippen molar-refractivity contribution in [2.45, 2.75) is 25.6 Å². The van der Waals surface area contributed by atoms with Crippen LogP contribution < -0.4 is 15.4 Å². The number of anilines is 3. The highest BCUT2D eigenvalue weighted by atomic mass is 35.5. The molecule has 3 aromatic rings. The third kappa shape index (κ3) is 6.80. The number of nitrogens with one attached hydrogen (secondary N) is 2. The van der Waals surface area contributed by atoms with E-state index in [1.807, 2.05) is 11.8 Å². The van der Waals surface area contributed by atoms with E-state index in [1.54, 1.807) is 24.3 Å². The lowest BCUT2D eigenvalue weighted by atomic mass is 10.1. The minimum Gasteiger partial charge on any atom is -0.486 e. The summed E-state index contributed by atoms with van der Waals surface area (Å²) < 4.78 is 30.4. The van der Waals surface area contributed by atoms with E-state index in [1.165, 1.54) is 24.5 Å². The molecular formula is C27H27ClFN5O5. The quantitative estimate of drug-likeness (QED) is 0.313. The molecule has 0 spiro atoms. The molecule has 2 saturated heterocycles. The highest BCUT2D eigenvalue weighted by Gasteiger charge is 2.23. The summed E-state index contributed by atoms with van der Waals surface area (Å²) >= 11 is 5.93. The summed E-state index contributed by atoms with van der Waals surface area (Å²) in [6.07, 6.45) is 4.89. The van der Waals surface area contributed by atoms with E-state index in [4.69, 9.17) is 25.8 Å². The van der Waals surface area contributed by atoms with Gasteiger partial charge in [0.25, 0.3) is 0 Å². The number of benzene rings is 2. The number of rotatable bonds is 8. The van der Waals surface area contributed by atoms with Crippen LogP contribution in [0.25, 0.3) is 10.9 Å². The van der Waals surface area contributed by atoms with Gasteiger partial charge < -0.3 is 24.8 Å². The van der Waals surface area contributed by atoms with Crippen LogP contribution >= 0.6 is 11.6 Å². The summed E-state index contributed by atoms with van der Waals surface area (Å²) in [5, 5.41) is 6.60. The van der Waals surface area contributed by atoms with Crippen molar-refractivity contribution >= 4 is 51.6 Å². The Balaban J connectivity index is 1.39. The lowest BCUT2D eigenvalue weighted by molar-refractivity contribution is -0.156. The molecule has 39 heavy (non-hydrogen) atoms. The molecule has 0 bridgehead atoms. The monoisotopic (exact) mass is 555 g/mol. The van der Waals surface area contributed by atoms with Crippen LogP contribution in [0.3, 0.4) is 0 Å². The number of hydrogen-bond donors (Lipinski definition) is 2. The molecule has 2 N–H and O–H groups in total. The molecule has 2 aliphatic rings. The molecule has 204 valence electrons. The number of esters is 1. The summed E-state index contributed by atoms with van der Waals surface area (Å²) in [6, 6.07) is 7.72. The SMILES string of the molecule is C[C@H]1CN(C/C=C/C(=O)Nc2cc3c(Nc4ccc(F)c(Cl)c4)ncnc3cc2O[C@H]2CCOC2)CC(=O)O1. The molecule has 10 nitrogen and oxygen atoms in total. The van der Waals surface area contributed by atoms with Crippen LogP contribution in [0.15, 0.2) is 48.8 Å². The molecule has 0 aliphatic carbocycles. The molecule has 1 aromatic heterocycles. The van der Waals surface area contributed by atoms with Gasteiger partial charge in [0.2, 0.25) is 5.91 Å². The van der Waals surface area contributed by atoms with Gasteiger partial charge in [0, 0.05) is 42.7 Å². The number of cyclic esters (lactones) is 1. The van der Waals surface area contributed by atoms with Crippen LogP contribution in [0.1, 0.15) is 13.3 Å². The van der Waals surface area contributed by atoms with Gasteiger partial charge in [0.15, 0.2) is 0 Å². The normalized spacial score (nSPS) is 19.8. The Bertz CT molecular complexity index is 1410. The first-order chi connectivity index (χ1) is 18.8. The van der Waals surface area contributed by atoms with Crippen LogP contribution in [-0.2, 0) is 19.1 Å². The van der Waals surface area contributed by atoms with Crippen LogP contribution in [-0.4, -0.2) is 71.8 Å². The van der Waals surface area contributed by atoms with Crippen molar-refractivity contribution in [3.05, 3.63) is 59.7 Å². The number of hydrogen-bond acceptors (Lipinski definition) is 9. The number of halogens is 2. The first-order valence-electron chi connectivity index (χ1n) is 12.5. The zero-order valence-electron chi connectivity index (χ0n) is 21.2. The largest absolute Gasteiger partial charge is 0.486 e. The van der Waals surface area contributed by atoms with E-state index in [0.29, 0.717) is 60.1 Å². The lowest BCUT2D eigenvalue weighted by Crippen LogP contribution is -2.44. The van der Waals surface area contributed by atoms with Crippen molar-refractivity contribution in [1.29, 1.82) is 0 Å².